The average Bonchev–Trinajstić information content (AvgIpc) is 2.75. The molecule has 9 heteroatoms. The predicted molar refractivity (Wildman–Crippen MR) is 122 cm³/mol. The topological polar surface area (TPSA) is 90.9 Å². The molecule has 0 heterocycles. The van der Waals surface area contributed by atoms with Crippen LogP contribution >= 0.6 is 23.2 Å². The molecule has 1 unspecified atom stereocenters. The van der Waals surface area contributed by atoms with Crippen molar-refractivity contribution < 1.29 is 28.6 Å². The number of nitrogens with one attached hydrogen (secondary N) is 1. The van der Waals surface area contributed by atoms with Crippen LogP contribution in [0.1, 0.15) is 29.8 Å². The summed E-state index contributed by atoms with van der Waals surface area (Å²) in [4.78, 5) is 36.8. The molecule has 7 nitrogen and oxygen atoms in total. The van der Waals surface area contributed by atoms with Crippen molar-refractivity contribution >= 4 is 47.1 Å². The quantitative estimate of drug-likeness (QED) is 0.339. The standard InChI is InChI=1S/C23H23Cl2NO6/c1-13(2)21(26-22(28)16-8-7-15(24)12-17(16)25)23(29)32-18-9-5-14(11-19(18)30-3)6-10-20(27)31-4/h5-13,21H,1-4H3,(H,26,28)/b10-6+. The van der Waals surface area contributed by atoms with Crippen LogP contribution in [0.3, 0.4) is 0 Å². The Morgan fingerprint density at radius 1 is 1.00 bits per heavy atom. The van der Waals surface area contributed by atoms with Gasteiger partial charge in [-0.15, -0.1) is 0 Å². The highest BCUT2D eigenvalue weighted by molar-refractivity contribution is 6.36. The van der Waals surface area contributed by atoms with Gasteiger partial charge in [0.1, 0.15) is 6.04 Å². The monoisotopic (exact) mass is 479 g/mol. The molecule has 0 fully saturated rings. The Kier molecular flexibility index (Phi) is 9.11. The Balaban J connectivity index is 2.19. The highest BCUT2D eigenvalue weighted by Crippen LogP contribution is 2.29. The maximum Gasteiger partial charge on any atom is 0.334 e. The minimum absolute atomic E-state index is 0.164. The lowest BCUT2D eigenvalue weighted by Crippen LogP contribution is -2.46. The van der Waals surface area contributed by atoms with Crippen molar-refractivity contribution in [1.29, 1.82) is 0 Å². The van der Waals surface area contributed by atoms with Gasteiger partial charge in [-0.05, 0) is 47.9 Å². The zero-order valence-electron chi connectivity index (χ0n) is 18.0. The second-order valence-electron chi connectivity index (χ2n) is 7.01. The molecule has 2 aromatic rings. The number of carbonyl (C=O) groups is 3. The van der Waals surface area contributed by atoms with E-state index in [0.29, 0.717) is 10.6 Å². The van der Waals surface area contributed by atoms with Gasteiger partial charge in [0.05, 0.1) is 24.8 Å². The van der Waals surface area contributed by atoms with Crippen molar-refractivity contribution in [3.63, 3.8) is 0 Å². The van der Waals surface area contributed by atoms with Crippen molar-refractivity contribution in [1.82, 2.24) is 5.32 Å². The number of carbonyl (C=O) groups excluding carboxylic acids is 3. The van der Waals surface area contributed by atoms with E-state index in [1.54, 1.807) is 26.0 Å². The van der Waals surface area contributed by atoms with Gasteiger partial charge in [0, 0.05) is 11.1 Å². The van der Waals surface area contributed by atoms with Gasteiger partial charge in [0.25, 0.3) is 5.91 Å². The lowest BCUT2D eigenvalue weighted by atomic mass is 10.0. The fourth-order valence-electron chi connectivity index (χ4n) is 2.67. The average molecular weight is 480 g/mol. The molecule has 0 radical (unpaired) electrons. The molecule has 0 aromatic heterocycles. The summed E-state index contributed by atoms with van der Waals surface area (Å²) < 4.78 is 15.3. The van der Waals surface area contributed by atoms with Crippen molar-refractivity contribution in [3.05, 3.63) is 63.6 Å². The second kappa shape index (κ2) is 11.5. The molecule has 0 aliphatic heterocycles. The summed E-state index contributed by atoms with van der Waals surface area (Å²) >= 11 is 12.0. The van der Waals surface area contributed by atoms with Crippen LogP contribution in [0.2, 0.25) is 10.0 Å². The van der Waals surface area contributed by atoms with Gasteiger partial charge >= 0.3 is 11.9 Å². The number of hydrogen-bond donors (Lipinski definition) is 1. The molecule has 32 heavy (non-hydrogen) atoms. The van der Waals surface area contributed by atoms with Crippen LogP contribution in [-0.2, 0) is 14.3 Å². The molecule has 2 aromatic carbocycles. The number of halogens is 2. The number of benzene rings is 2. The van der Waals surface area contributed by atoms with E-state index in [1.807, 2.05) is 0 Å². The fourth-order valence-corrected chi connectivity index (χ4v) is 3.16. The van der Waals surface area contributed by atoms with E-state index < -0.39 is 23.9 Å². The minimum Gasteiger partial charge on any atom is -0.493 e. The van der Waals surface area contributed by atoms with Gasteiger partial charge in [-0.3, -0.25) is 4.79 Å². The van der Waals surface area contributed by atoms with Crippen LogP contribution in [-0.4, -0.2) is 38.1 Å². The summed E-state index contributed by atoms with van der Waals surface area (Å²) in [6, 6.07) is 8.28. The number of hydrogen-bond acceptors (Lipinski definition) is 6. The highest BCUT2D eigenvalue weighted by atomic mass is 35.5. The number of amides is 1. The van der Waals surface area contributed by atoms with E-state index in [9.17, 15) is 14.4 Å². The minimum atomic E-state index is -0.946. The first kappa shape index (κ1) is 25.2. The number of ether oxygens (including phenoxy) is 3. The zero-order chi connectivity index (χ0) is 23.8. The first-order valence-electron chi connectivity index (χ1n) is 9.58. The maximum atomic E-state index is 12.8. The third kappa shape index (κ3) is 6.73. The number of esters is 2. The molecule has 0 spiro atoms. The molecule has 1 amide bonds. The Bertz CT molecular complexity index is 1040. The molecule has 0 aliphatic rings. The van der Waals surface area contributed by atoms with Gasteiger partial charge in [-0.1, -0.05) is 43.1 Å². The number of rotatable bonds is 8. The molecule has 1 atom stereocenters. The molecule has 1 N–H and O–H groups in total. The maximum absolute atomic E-state index is 12.8. The Morgan fingerprint density at radius 2 is 1.72 bits per heavy atom. The van der Waals surface area contributed by atoms with E-state index in [4.69, 9.17) is 32.7 Å². The number of methoxy groups -OCH3 is 2. The van der Waals surface area contributed by atoms with Crippen LogP contribution in [0.25, 0.3) is 6.08 Å². The largest absolute Gasteiger partial charge is 0.493 e. The first-order valence-corrected chi connectivity index (χ1v) is 10.3. The van der Waals surface area contributed by atoms with Gasteiger partial charge in [0.2, 0.25) is 0 Å². The van der Waals surface area contributed by atoms with Crippen LogP contribution in [0.4, 0.5) is 0 Å². The molecule has 0 saturated carbocycles. The molecule has 170 valence electrons. The summed E-state index contributed by atoms with van der Waals surface area (Å²) in [6.07, 6.45) is 2.79. The van der Waals surface area contributed by atoms with Crippen molar-refractivity contribution in [2.24, 2.45) is 5.92 Å². The Hall–Kier alpha value is -3.03. The second-order valence-corrected chi connectivity index (χ2v) is 7.85. The van der Waals surface area contributed by atoms with Crippen molar-refractivity contribution in [3.8, 4) is 11.5 Å². The predicted octanol–water partition coefficient (Wildman–Crippen LogP) is 4.55. The third-order valence-corrected chi connectivity index (χ3v) is 4.94. The summed E-state index contributed by atoms with van der Waals surface area (Å²) in [5.74, 6) is -1.54. The summed E-state index contributed by atoms with van der Waals surface area (Å²) in [5.41, 5.74) is 0.826. The van der Waals surface area contributed by atoms with E-state index in [-0.39, 0.29) is 28.0 Å². The van der Waals surface area contributed by atoms with Crippen LogP contribution in [0.5, 0.6) is 11.5 Å². The van der Waals surface area contributed by atoms with Gasteiger partial charge in [-0.2, -0.15) is 0 Å². The lowest BCUT2D eigenvalue weighted by Gasteiger charge is -2.21. The lowest BCUT2D eigenvalue weighted by molar-refractivity contribution is -0.138. The van der Waals surface area contributed by atoms with Gasteiger partial charge in [-0.25, -0.2) is 9.59 Å². The van der Waals surface area contributed by atoms with E-state index >= 15 is 0 Å². The summed E-state index contributed by atoms with van der Waals surface area (Å²) in [5, 5.41) is 3.22. The molecule has 0 aliphatic carbocycles. The molecular weight excluding hydrogens is 457 g/mol. The van der Waals surface area contributed by atoms with Crippen LogP contribution in [0.15, 0.2) is 42.5 Å². The van der Waals surface area contributed by atoms with E-state index in [2.05, 4.69) is 10.1 Å². The van der Waals surface area contributed by atoms with Crippen LogP contribution < -0.4 is 14.8 Å². The molecule has 2 rings (SSSR count). The van der Waals surface area contributed by atoms with Crippen LogP contribution in [0, 0.1) is 5.92 Å². The Morgan fingerprint density at radius 3 is 2.31 bits per heavy atom. The molecule has 0 bridgehead atoms. The highest BCUT2D eigenvalue weighted by Gasteiger charge is 2.28. The molecular formula is C23H23Cl2NO6. The molecule has 0 saturated heterocycles. The zero-order valence-corrected chi connectivity index (χ0v) is 19.5. The first-order chi connectivity index (χ1) is 15.2. The SMILES string of the molecule is COC(=O)/C=C/c1ccc(OC(=O)C(NC(=O)c2ccc(Cl)cc2Cl)C(C)C)c(OC)c1. The summed E-state index contributed by atoms with van der Waals surface area (Å²) in [6.45, 7) is 3.54. The van der Waals surface area contributed by atoms with Gasteiger partial charge < -0.3 is 19.5 Å². The third-order valence-electron chi connectivity index (χ3n) is 4.39. The fraction of sp³-hybridized carbons (Fsp3) is 0.261. The van der Waals surface area contributed by atoms with E-state index in [1.165, 1.54) is 50.6 Å². The summed E-state index contributed by atoms with van der Waals surface area (Å²) in [7, 11) is 2.70. The smallest absolute Gasteiger partial charge is 0.334 e. The van der Waals surface area contributed by atoms with E-state index in [0.717, 1.165) is 0 Å². The van der Waals surface area contributed by atoms with Crippen molar-refractivity contribution in [2.45, 2.75) is 19.9 Å². The Labute approximate surface area is 196 Å². The van der Waals surface area contributed by atoms with Gasteiger partial charge in [0.15, 0.2) is 11.5 Å². The van der Waals surface area contributed by atoms with Crippen molar-refractivity contribution in [2.75, 3.05) is 14.2 Å². The normalized spacial score (nSPS) is 11.8.